The van der Waals surface area contributed by atoms with Gasteiger partial charge in [-0.2, -0.15) is 0 Å². The van der Waals surface area contributed by atoms with Crippen molar-refractivity contribution < 1.29 is 9.90 Å². The van der Waals surface area contributed by atoms with E-state index in [-0.39, 0.29) is 6.54 Å². The van der Waals surface area contributed by atoms with Gasteiger partial charge in [-0.3, -0.25) is 9.69 Å². The highest BCUT2D eigenvalue weighted by Gasteiger charge is 2.24. The third-order valence-electron chi connectivity index (χ3n) is 4.18. The molecule has 1 aromatic rings. The van der Waals surface area contributed by atoms with Crippen LogP contribution >= 0.6 is 11.3 Å². The molecular formula is C14H21N3O2S. The third-order valence-corrected chi connectivity index (χ3v) is 5.36. The van der Waals surface area contributed by atoms with Crippen molar-refractivity contribution in [2.75, 3.05) is 37.6 Å². The molecule has 1 aliphatic carbocycles. The number of piperazine rings is 1. The van der Waals surface area contributed by atoms with Crippen LogP contribution < -0.4 is 4.90 Å². The van der Waals surface area contributed by atoms with Gasteiger partial charge in [0.05, 0.1) is 12.2 Å². The summed E-state index contributed by atoms with van der Waals surface area (Å²) in [6.07, 6.45) is 3.54. The average Bonchev–Trinajstić information content (AvgIpc) is 2.81. The molecule has 0 bridgehead atoms. The van der Waals surface area contributed by atoms with Gasteiger partial charge in [-0.05, 0) is 25.2 Å². The van der Waals surface area contributed by atoms with Crippen LogP contribution in [0.1, 0.15) is 23.9 Å². The maximum Gasteiger partial charge on any atom is 0.317 e. The van der Waals surface area contributed by atoms with Gasteiger partial charge in [0.2, 0.25) is 0 Å². The molecule has 0 aromatic carbocycles. The summed E-state index contributed by atoms with van der Waals surface area (Å²) in [5.74, 6) is 0.0420. The van der Waals surface area contributed by atoms with Crippen molar-refractivity contribution in [2.24, 2.45) is 5.92 Å². The standard InChI is InChI=1S/C14H21N3O2S/c1-10-2-3-11-12(8-10)20-14(15-11)17-6-4-16(5-7-17)9-13(18)19/h10H,2-9H2,1H3,(H,18,19). The quantitative estimate of drug-likeness (QED) is 0.915. The van der Waals surface area contributed by atoms with E-state index in [1.165, 1.54) is 23.4 Å². The van der Waals surface area contributed by atoms with Crippen LogP contribution in [0.4, 0.5) is 5.13 Å². The Kier molecular flexibility index (Phi) is 3.94. The van der Waals surface area contributed by atoms with Crippen LogP contribution in [0.5, 0.6) is 0 Å². The summed E-state index contributed by atoms with van der Waals surface area (Å²) in [6, 6.07) is 0. The molecular weight excluding hydrogens is 274 g/mol. The van der Waals surface area contributed by atoms with Gasteiger partial charge >= 0.3 is 5.97 Å². The molecule has 3 rings (SSSR count). The first kappa shape index (κ1) is 13.8. The minimum atomic E-state index is -0.739. The van der Waals surface area contributed by atoms with E-state index in [0.717, 1.165) is 43.6 Å². The van der Waals surface area contributed by atoms with Crippen molar-refractivity contribution in [2.45, 2.75) is 26.2 Å². The molecule has 1 fully saturated rings. The topological polar surface area (TPSA) is 56.7 Å². The molecule has 1 N–H and O–H groups in total. The lowest BCUT2D eigenvalue weighted by Crippen LogP contribution is -2.47. The first-order chi connectivity index (χ1) is 9.61. The second-order valence-corrected chi connectivity index (χ2v) is 6.93. The molecule has 1 unspecified atom stereocenters. The SMILES string of the molecule is CC1CCc2nc(N3CCN(CC(=O)O)CC3)sc2C1. The lowest BCUT2D eigenvalue weighted by atomic mass is 9.93. The predicted octanol–water partition coefficient (Wildman–Crippen LogP) is 1.47. The summed E-state index contributed by atoms with van der Waals surface area (Å²) in [5, 5.41) is 9.96. The summed E-state index contributed by atoms with van der Waals surface area (Å²) < 4.78 is 0. The van der Waals surface area contributed by atoms with Crippen molar-refractivity contribution >= 4 is 22.4 Å². The van der Waals surface area contributed by atoms with Gasteiger partial charge in [-0.15, -0.1) is 11.3 Å². The molecule has 0 saturated carbocycles. The molecule has 1 atom stereocenters. The van der Waals surface area contributed by atoms with Crippen molar-refractivity contribution in [1.29, 1.82) is 0 Å². The largest absolute Gasteiger partial charge is 0.480 e. The Bertz CT molecular complexity index is 495. The summed E-state index contributed by atoms with van der Waals surface area (Å²) >= 11 is 1.84. The van der Waals surface area contributed by atoms with Crippen LogP contribution in [-0.2, 0) is 17.6 Å². The fourth-order valence-electron chi connectivity index (χ4n) is 2.95. The Balaban J connectivity index is 1.62. The van der Waals surface area contributed by atoms with Crippen molar-refractivity contribution in [3.05, 3.63) is 10.6 Å². The number of hydrogen-bond acceptors (Lipinski definition) is 5. The van der Waals surface area contributed by atoms with Gasteiger partial charge in [0.1, 0.15) is 0 Å². The molecule has 0 radical (unpaired) electrons. The summed E-state index contributed by atoms with van der Waals surface area (Å²) in [7, 11) is 0. The maximum atomic E-state index is 10.7. The number of rotatable bonds is 3. The minimum Gasteiger partial charge on any atom is -0.480 e. The lowest BCUT2D eigenvalue weighted by molar-refractivity contribution is -0.138. The molecule has 2 aliphatic rings. The van der Waals surface area contributed by atoms with Crippen LogP contribution in [-0.4, -0.2) is 53.7 Å². The number of anilines is 1. The summed E-state index contributed by atoms with van der Waals surface area (Å²) in [5.41, 5.74) is 1.30. The fraction of sp³-hybridized carbons (Fsp3) is 0.714. The lowest BCUT2D eigenvalue weighted by Gasteiger charge is -2.33. The Morgan fingerprint density at radius 1 is 1.40 bits per heavy atom. The number of aromatic nitrogens is 1. The zero-order valence-corrected chi connectivity index (χ0v) is 12.7. The molecule has 1 aliphatic heterocycles. The fourth-order valence-corrected chi connectivity index (χ4v) is 4.27. The number of carbonyl (C=O) groups is 1. The van der Waals surface area contributed by atoms with E-state index in [0.29, 0.717) is 0 Å². The molecule has 1 aromatic heterocycles. The van der Waals surface area contributed by atoms with E-state index in [1.807, 2.05) is 16.2 Å². The molecule has 2 heterocycles. The Morgan fingerprint density at radius 2 is 2.15 bits per heavy atom. The normalized spacial score (nSPS) is 23.6. The van der Waals surface area contributed by atoms with Gasteiger partial charge in [0, 0.05) is 31.1 Å². The number of aryl methyl sites for hydroxylation is 1. The first-order valence-corrected chi connectivity index (χ1v) is 8.11. The van der Waals surface area contributed by atoms with Crippen molar-refractivity contribution in [1.82, 2.24) is 9.88 Å². The molecule has 0 spiro atoms. The molecule has 0 amide bonds. The van der Waals surface area contributed by atoms with E-state index < -0.39 is 5.97 Å². The highest BCUT2D eigenvalue weighted by Crippen LogP contribution is 2.34. The van der Waals surface area contributed by atoms with Crippen LogP contribution in [0.2, 0.25) is 0 Å². The predicted molar refractivity (Wildman–Crippen MR) is 79.6 cm³/mol. The first-order valence-electron chi connectivity index (χ1n) is 7.29. The van der Waals surface area contributed by atoms with Gasteiger partial charge < -0.3 is 10.0 Å². The van der Waals surface area contributed by atoms with Gasteiger partial charge in [-0.1, -0.05) is 6.92 Å². The van der Waals surface area contributed by atoms with E-state index in [4.69, 9.17) is 10.1 Å². The Labute approximate surface area is 123 Å². The number of nitrogens with zero attached hydrogens (tertiary/aromatic N) is 3. The molecule has 20 heavy (non-hydrogen) atoms. The number of fused-ring (bicyclic) bond motifs is 1. The van der Waals surface area contributed by atoms with E-state index in [1.54, 1.807) is 0 Å². The van der Waals surface area contributed by atoms with Crippen LogP contribution in [0, 0.1) is 5.92 Å². The van der Waals surface area contributed by atoms with Crippen molar-refractivity contribution in [3.63, 3.8) is 0 Å². The number of hydrogen-bond donors (Lipinski definition) is 1. The zero-order chi connectivity index (χ0) is 14.1. The van der Waals surface area contributed by atoms with Crippen LogP contribution in [0.3, 0.4) is 0 Å². The molecule has 110 valence electrons. The van der Waals surface area contributed by atoms with Gasteiger partial charge in [0.25, 0.3) is 0 Å². The number of carboxylic acid groups (broad SMARTS) is 1. The maximum absolute atomic E-state index is 10.7. The molecule has 1 saturated heterocycles. The van der Waals surface area contributed by atoms with E-state index in [2.05, 4.69) is 11.8 Å². The number of aliphatic carboxylic acids is 1. The van der Waals surface area contributed by atoms with Gasteiger partial charge in [0.15, 0.2) is 5.13 Å². The zero-order valence-electron chi connectivity index (χ0n) is 11.8. The number of carboxylic acids is 1. The van der Waals surface area contributed by atoms with Crippen LogP contribution in [0.15, 0.2) is 0 Å². The van der Waals surface area contributed by atoms with Crippen LogP contribution in [0.25, 0.3) is 0 Å². The smallest absolute Gasteiger partial charge is 0.317 e. The summed E-state index contributed by atoms with van der Waals surface area (Å²) in [6.45, 7) is 5.86. The molecule has 6 heteroatoms. The third kappa shape index (κ3) is 2.96. The van der Waals surface area contributed by atoms with Gasteiger partial charge in [-0.25, -0.2) is 4.98 Å². The van der Waals surface area contributed by atoms with E-state index >= 15 is 0 Å². The Morgan fingerprint density at radius 3 is 2.85 bits per heavy atom. The van der Waals surface area contributed by atoms with Crippen molar-refractivity contribution in [3.8, 4) is 0 Å². The monoisotopic (exact) mass is 295 g/mol. The number of thiazole rings is 1. The highest BCUT2D eigenvalue weighted by molar-refractivity contribution is 7.15. The highest BCUT2D eigenvalue weighted by atomic mass is 32.1. The molecule has 5 nitrogen and oxygen atoms in total. The average molecular weight is 295 g/mol. The summed E-state index contributed by atoms with van der Waals surface area (Å²) in [4.78, 5) is 21.3. The van der Waals surface area contributed by atoms with E-state index in [9.17, 15) is 4.79 Å². The minimum absolute atomic E-state index is 0.153. The second-order valence-electron chi connectivity index (χ2n) is 5.87. The second kappa shape index (κ2) is 5.69. The Hall–Kier alpha value is -1.14.